The number of aromatic nitrogens is 4. The van der Waals surface area contributed by atoms with Crippen LogP contribution in [0.2, 0.25) is 0 Å². The minimum absolute atomic E-state index is 0.153. The minimum Gasteiger partial charge on any atom is -0.354 e. The van der Waals surface area contributed by atoms with E-state index in [1.807, 2.05) is 29.7 Å². The molecular formula is C31H39N7O2. The molecule has 1 unspecified atom stereocenters. The third-order valence-electron chi connectivity index (χ3n) is 7.82. The molecule has 0 spiro atoms. The highest BCUT2D eigenvalue weighted by molar-refractivity contribution is 5.95. The minimum atomic E-state index is -0.257. The average molecular weight is 542 g/mol. The van der Waals surface area contributed by atoms with E-state index in [-0.39, 0.29) is 23.9 Å². The third kappa shape index (κ3) is 5.65. The number of hydrogen-bond acceptors (Lipinski definition) is 6. The monoisotopic (exact) mass is 541 g/mol. The molecule has 3 N–H and O–H groups in total. The van der Waals surface area contributed by atoms with E-state index >= 15 is 0 Å². The van der Waals surface area contributed by atoms with Crippen LogP contribution in [0, 0.1) is 6.92 Å². The number of aromatic amines is 1. The van der Waals surface area contributed by atoms with E-state index in [2.05, 4.69) is 59.5 Å². The predicted molar refractivity (Wildman–Crippen MR) is 159 cm³/mol. The smallest absolute Gasteiger partial charge is 0.268 e. The summed E-state index contributed by atoms with van der Waals surface area (Å²) in [7, 11) is 0. The number of piperazine rings is 1. The summed E-state index contributed by atoms with van der Waals surface area (Å²) in [5.74, 6) is 0.944. The summed E-state index contributed by atoms with van der Waals surface area (Å²) in [5, 5.41) is 6.39. The Morgan fingerprint density at radius 3 is 2.60 bits per heavy atom. The predicted octanol–water partition coefficient (Wildman–Crippen LogP) is 4.20. The van der Waals surface area contributed by atoms with Crippen molar-refractivity contribution in [3.05, 3.63) is 81.4 Å². The molecule has 1 aliphatic heterocycles. The number of imidazole rings is 1. The summed E-state index contributed by atoms with van der Waals surface area (Å²) in [6.45, 7) is 12.2. The van der Waals surface area contributed by atoms with Crippen molar-refractivity contribution in [2.24, 2.45) is 0 Å². The number of hydrogen-bond donors (Lipinski definition) is 3. The van der Waals surface area contributed by atoms with Crippen LogP contribution in [0.5, 0.6) is 0 Å². The molecule has 1 atom stereocenters. The molecule has 0 aliphatic carbocycles. The first-order valence-corrected chi connectivity index (χ1v) is 14.3. The average Bonchev–Trinajstić information content (AvgIpc) is 3.40. The van der Waals surface area contributed by atoms with E-state index in [4.69, 9.17) is 9.97 Å². The fourth-order valence-electron chi connectivity index (χ4n) is 5.40. The molecule has 9 heteroatoms. The molecule has 4 aromatic heterocycles. The van der Waals surface area contributed by atoms with Gasteiger partial charge in [-0.3, -0.25) is 14.0 Å². The Hall–Kier alpha value is -3.98. The van der Waals surface area contributed by atoms with E-state index < -0.39 is 0 Å². The number of anilines is 1. The normalized spacial score (nSPS) is 14.4. The van der Waals surface area contributed by atoms with Gasteiger partial charge in [-0.25, -0.2) is 9.97 Å². The van der Waals surface area contributed by atoms with Crippen LogP contribution in [-0.2, 0) is 13.0 Å². The van der Waals surface area contributed by atoms with Crippen molar-refractivity contribution in [2.45, 2.75) is 59.4 Å². The van der Waals surface area contributed by atoms with E-state index in [9.17, 15) is 9.59 Å². The van der Waals surface area contributed by atoms with Crippen LogP contribution in [0.4, 0.5) is 5.82 Å². The van der Waals surface area contributed by atoms with Crippen molar-refractivity contribution in [1.82, 2.24) is 30.0 Å². The first-order chi connectivity index (χ1) is 19.4. The Bertz CT molecular complexity index is 1550. The number of nitrogens with one attached hydrogen (secondary N) is 3. The summed E-state index contributed by atoms with van der Waals surface area (Å²) in [4.78, 5) is 41.0. The van der Waals surface area contributed by atoms with Crippen LogP contribution in [0.3, 0.4) is 0 Å². The first-order valence-electron chi connectivity index (χ1n) is 14.3. The Morgan fingerprint density at radius 2 is 1.90 bits per heavy atom. The molecule has 1 fully saturated rings. The zero-order valence-electron chi connectivity index (χ0n) is 23.9. The summed E-state index contributed by atoms with van der Waals surface area (Å²) in [6, 6.07) is 10.1. The Labute approximate surface area is 235 Å². The standard InChI is InChI=1S/C31H39N7O2/c1-5-7-22-14-21(4)36-30(39)25(22)18-34-31(40)27-16-24(15-26-29(20(3)6-2)35-19-38(26)27)23-8-9-28(33-17-23)37-12-10-32-11-13-37/h8-9,14-17,19-20,32H,5-7,10-13,18H2,1-4H3,(H,34,40)(H,36,39). The molecule has 40 heavy (non-hydrogen) atoms. The number of pyridine rings is 3. The maximum absolute atomic E-state index is 13.7. The van der Waals surface area contributed by atoms with Gasteiger partial charge in [-0.15, -0.1) is 0 Å². The number of H-pyrrole nitrogens is 1. The molecule has 0 bridgehead atoms. The summed E-state index contributed by atoms with van der Waals surface area (Å²) in [6.07, 6.45) is 6.25. The molecule has 0 aromatic carbocycles. The summed E-state index contributed by atoms with van der Waals surface area (Å²) >= 11 is 0. The highest BCUT2D eigenvalue weighted by Gasteiger charge is 2.20. The molecule has 210 valence electrons. The van der Waals surface area contributed by atoms with Gasteiger partial charge in [0.2, 0.25) is 0 Å². The van der Waals surface area contributed by atoms with E-state index in [1.54, 1.807) is 6.33 Å². The van der Waals surface area contributed by atoms with Crippen LogP contribution in [0.15, 0.2) is 47.7 Å². The molecule has 9 nitrogen and oxygen atoms in total. The summed E-state index contributed by atoms with van der Waals surface area (Å²) < 4.78 is 1.86. The number of amides is 1. The number of aryl methyl sites for hydroxylation is 2. The Morgan fingerprint density at radius 1 is 1.10 bits per heavy atom. The second kappa shape index (κ2) is 12.0. The lowest BCUT2D eigenvalue weighted by molar-refractivity contribution is 0.0944. The highest BCUT2D eigenvalue weighted by Crippen LogP contribution is 2.29. The third-order valence-corrected chi connectivity index (χ3v) is 7.82. The second-order valence-corrected chi connectivity index (χ2v) is 10.7. The maximum atomic E-state index is 13.7. The lowest BCUT2D eigenvalue weighted by atomic mass is 10.0. The second-order valence-electron chi connectivity index (χ2n) is 10.7. The molecule has 1 aliphatic rings. The van der Waals surface area contributed by atoms with Crippen molar-refractivity contribution < 1.29 is 4.79 Å². The molecule has 5 rings (SSSR count). The van der Waals surface area contributed by atoms with Crippen LogP contribution in [0.25, 0.3) is 16.6 Å². The zero-order chi connectivity index (χ0) is 28.2. The fraction of sp³-hybridized carbons (Fsp3) is 0.419. The molecule has 0 radical (unpaired) electrons. The van der Waals surface area contributed by atoms with Gasteiger partial charge in [-0.2, -0.15) is 0 Å². The van der Waals surface area contributed by atoms with Gasteiger partial charge in [0.05, 0.1) is 11.2 Å². The highest BCUT2D eigenvalue weighted by atomic mass is 16.2. The number of carbonyl (C=O) groups is 1. The summed E-state index contributed by atoms with van der Waals surface area (Å²) in [5.41, 5.74) is 6.43. The van der Waals surface area contributed by atoms with Gasteiger partial charge in [0.15, 0.2) is 0 Å². The topological polar surface area (TPSA) is 107 Å². The largest absolute Gasteiger partial charge is 0.354 e. The van der Waals surface area contributed by atoms with Gasteiger partial charge in [0, 0.05) is 61.7 Å². The molecule has 4 aromatic rings. The van der Waals surface area contributed by atoms with Gasteiger partial charge in [-0.1, -0.05) is 27.2 Å². The van der Waals surface area contributed by atoms with Crippen LogP contribution < -0.4 is 21.1 Å². The van der Waals surface area contributed by atoms with Crippen molar-refractivity contribution in [1.29, 1.82) is 0 Å². The SMILES string of the molecule is CCCc1cc(C)[nH]c(=O)c1CNC(=O)c1cc(-c2ccc(N3CCNCC3)nc2)cc2c(C(C)CC)ncn12. The first kappa shape index (κ1) is 27.6. The van der Waals surface area contributed by atoms with Crippen LogP contribution >= 0.6 is 0 Å². The molecule has 5 heterocycles. The van der Waals surface area contributed by atoms with E-state index in [0.29, 0.717) is 11.3 Å². The molecule has 1 saturated heterocycles. The molecule has 1 amide bonds. The number of fused-ring (bicyclic) bond motifs is 1. The fourth-order valence-corrected chi connectivity index (χ4v) is 5.40. The Balaban J connectivity index is 1.50. The van der Waals surface area contributed by atoms with Crippen LogP contribution in [-0.4, -0.2) is 51.4 Å². The van der Waals surface area contributed by atoms with Crippen molar-refractivity contribution in [2.75, 3.05) is 31.1 Å². The lowest BCUT2D eigenvalue weighted by Gasteiger charge is -2.28. The molecular weight excluding hydrogens is 502 g/mol. The van der Waals surface area contributed by atoms with E-state index in [0.717, 1.165) is 84.9 Å². The van der Waals surface area contributed by atoms with Crippen molar-refractivity contribution >= 4 is 17.2 Å². The Kier molecular flexibility index (Phi) is 8.30. The maximum Gasteiger partial charge on any atom is 0.268 e. The zero-order valence-corrected chi connectivity index (χ0v) is 23.9. The van der Waals surface area contributed by atoms with Gasteiger partial charge in [0.25, 0.3) is 11.5 Å². The van der Waals surface area contributed by atoms with Crippen LogP contribution in [0.1, 0.15) is 72.5 Å². The number of nitrogens with zero attached hydrogens (tertiary/aromatic N) is 4. The van der Waals surface area contributed by atoms with Gasteiger partial charge >= 0.3 is 0 Å². The number of carbonyl (C=O) groups excluding carboxylic acids is 1. The van der Waals surface area contributed by atoms with Gasteiger partial charge < -0.3 is 20.5 Å². The molecule has 0 saturated carbocycles. The van der Waals surface area contributed by atoms with Crippen molar-refractivity contribution in [3.63, 3.8) is 0 Å². The van der Waals surface area contributed by atoms with E-state index in [1.165, 1.54) is 0 Å². The lowest BCUT2D eigenvalue weighted by Crippen LogP contribution is -2.43. The quantitative estimate of drug-likeness (QED) is 0.293. The number of rotatable bonds is 9. The van der Waals surface area contributed by atoms with Crippen molar-refractivity contribution in [3.8, 4) is 11.1 Å². The van der Waals surface area contributed by atoms with Gasteiger partial charge in [0.1, 0.15) is 17.8 Å². The van der Waals surface area contributed by atoms with Gasteiger partial charge in [-0.05, 0) is 61.2 Å².